The van der Waals surface area contributed by atoms with E-state index in [0.717, 1.165) is 10.4 Å². The standard InChI is InChI=1S/C10H15BrN2O/c1-14-9-7-12-13(10(9)11)8-5-3-2-4-6-8/h7-8H,2-6H2,1H3. The van der Waals surface area contributed by atoms with Crippen molar-refractivity contribution < 1.29 is 4.74 Å². The van der Waals surface area contributed by atoms with Crippen LogP contribution >= 0.6 is 15.9 Å². The molecule has 1 aromatic heterocycles. The van der Waals surface area contributed by atoms with Crippen molar-refractivity contribution in [1.82, 2.24) is 9.78 Å². The molecule has 0 bridgehead atoms. The second kappa shape index (κ2) is 4.34. The fourth-order valence-corrected chi connectivity index (χ4v) is 2.69. The van der Waals surface area contributed by atoms with Gasteiger partial charge >= 0.3 is 0 Å². The first-order chi connectivity index (χ1) is 6.83. The Morgan fingerprint density at radius 2 is 2.14 bits per heavy atom. The van der Waals surface area contributed by atoms with Crippen molar-refractivity contribution in [3.63, 3.8) is 0 Å². The summed E-state index contributed by atoms with van der Waals surface area (Å²) in [5.74, 6) is 0.829. The highest BCUT2D eigenvalue weighted by molar-refractivity contribution is 9.10. The zero-order chi connectivity index (χ0) is 9.97. The number of rotatable bonds is 2. The van der Waals surface area contributed by atoms with Crippen molar-refractivity contribution in [3.05, 3.63) is 10.8 Å². The van der Waals surface area contributed by atoms with Gasteiger partial charge in [0.1, 0.15) is 4.60 Å². The molecule has 1 aromatic rings. The summed E-state index contributed by atoms with van der Waals surface area (Å²) in [7, 11) is 1.67. The largest absolute Gasteiger partial charge is 0.492 e. The summed E-state index contributed by atoms with van der Waals surface area (Å²) in [4.78, 5) is 0. The van der Waals surface area contributed by atoms with Crippen LogP contribution in [0.1, 0.15) is 38.1 Å². The van der Waals surface area contributed by atoms with E-state index in [0.29, 0.717) is 6.04 Å². The third kappa shape index (κ3) is 1.80. The quantitative estimate of drug-likeness (QED) is 0.815. The van der Waals surface area contributed by atoms with Crippen molar-refractivity contribution in [2.24, 2.45) is 0 Å². The summed E-state index contributed by atoms with van der Waals surface area (Å²) < 4.78 is 8.22. The molecule has 0 N–H and O–H groups in total. The predicted octanol–water partition coefficient (Wildman–Crippen LogP) is 3.16. The molecule has 1 aliphatic carbocycles. The van der Waals surface area contributed by atoms with Gasteiger partial charge in [-0.2, -0.15) is 5.10 Å². The molecule has 0 unspecified atom stereocenters. The maximum Gasteiger partial charge on any atom is 0.171 e. The van der Waals surface area contributed by atoms with E-state index in [9.17, 15) is 0 Å². The van der Waals surface area contributed by atoms with E-state index in [-0.39, 0.29) is 0 Å². The van der Waals surface area contributed by atoms with Gasteiger partial charge in [0, 0.05) is 0 Å². The number of ether oxygens (including phenoxy) is 1. The maximum absolute atomic E-state index is 5.19. The highest BCUT2D eigenvalue weighted by Crippen LogP contribution is 2.33. The topological polar surface area (TPSA) is 27.1 Å². The number of methoxy groups -OCH3 is 1. The van der Waals surface area contributed by atoms with Crippen LogP contribution in [0, 0.1) is 0 Å². The lowest BCUT2D eigenvalue weighted by molar-refractivity contribution is 0.322. The molecule has 3 nitrogen and oxygen atoms in total. The first-order valence-electron chi connectivity index (χ1n) is 5.10. The summed E-state index contributed by atoms with van der Waals surface area (Å²) in [6.07, 6.45) is 8.26. The second-order valence-corrected chi connectivity index (χ2v) is 4.49. The minimum atomic E-state index is 0.557. The van der Waals surface area contributed by atoms with E-state index in [2.05, 4.69) is 25.7 Å². The maximum atomic E-state index is 5.19. The van der Waals surface area contributed by atoms with Gasteiger partial charge in [0.15, 0.2) is 5.75 Å². The van der Waals surface area contributed by atoms with Crippen molar-refractivity contribution >= 4 is 15.9 Å². The third-order valence-corrected chi connectivity index (χ3v) is 3.60. The van der Waals surface area contributed by atoms with E-state index in [4.69, 9.17) is 4.74 Å². The van der Waals surface area contributed by atoms with E-state index in [1.807, 2.05) is 0 Å². The lowest BCUT2D eigenvalue weighted by atomic mass is 9.96. The van der Waals surface area contributed by atoms with Crippen molar-refractivity contribution in [2.75, 3.05) is 7.11 Å². The van der Waals surface area contributed by atoms with Crippen LogP contribution in [0.25, 0.3) is 0 Å². The van der Waals surface area contributed by atoms with Crippen molar-refractivity contribution in [2.45, 2.75) is 38.1 Å². The van der Waals surface area contributed by atoms with Crippen LogP contribution in [0.3, 0.4) is 0 Å². The van der Waals surface area contributed by atoms with Gasteiger partial charge in [-0.05, 0) is 28.8 Å². The lowest BCUT2D eigenvalue weighted by Crippen LogP contribution is -2.14. The molecular weight excluding hydrogens is 244 g/mol. The average molecular weight is 259 g/mol. The highest BCUT2D eigenvalue weighted by Gasteiger charge is 2.19. The number of nitrogens with zero attached hydrogens (tertiary/aromatic N) is 2. The fraction of sp³-hybridized carbons (Fsp3) is 0.700. The lowest BCUT2D eigenvalue weighted by Gasteiger charge is -2.22. The molecule has 0 aromatic carbocycles. The Morgan fingerprint density at radius 1 is 1.43 bits per heavy atom. The highest BCUT2D eigenvalue weighted by atomic mass is 79.9. The molecular formula is C10H15BrN2O. The second-order valence-electron chi connectivity index (χ2n) is 3.74. The van der Waals surface area contributed by atoms with Crippen LogP contribution in [-0.4, -0.2) is 16.9 Å². The summed E-state index contributed by atoms with van der Waals surface area (Å²) >= 11 is 3.52. The normalized spacial score (nSPS) is 18.4. The van der Waals surface area contributed by atoms with Gasteiger partial charge in [0.25, 0.3) is 0 Å². The Balaban J connectivity index is 2.18. The minimum absolute atomic E-state index is 0.557. The number of aromatic nitrogens is 2. The molecule has 0 amide bonds. The molecule has 1 heterocycles. The third-order valence-electron chi connectivity index (χ3n) is 2.84. The van der Waals surface area contributed by atoms with Gasteiger partial charge in [-0.1, -0.05) is 19.3 Å². The van der Waals surface area contributed by atoms with E-state index in [1.54, 1.807) is 13.3 Å². The van der Waals surface area contributed by atoms with Gasteiger partial charge < -0.3 is 4.74 Å². The molecule has 4 heteroatoms. The first kappa shape index (κ1) is 10.0. The summed E-state index contributed by atoms with van der Waals surface area (Å²) in [6.45, 7) is 0. The Bertz CT molecular complexity index is 305. The molecule has 14 heavy (non-hydrogen) atoms. The predicted molar refractivity (Wildman–Crippen MR) is 58.6 cm³/mol. The SMILES string of the molecule is COc1cnn(C2CCCCC2)c1Br. The molecule has 78 valence electrons. The molecule has 1 saturated carbocycles. The molecule has 1 aliphatic rings. The fourth-order valence-electron chi connectivity index (χ4n) is 2.05. The zero-order valence-electron chi connectivity index (χ0n) is 8.37. The molecule has 1 fully saturated rings. The van der Waals surface area contributed by atoms with Gasteiger partial charge in [-0.25, -0.2) is 0 Å². The van der Waals surface area contributed by atoms with Gasteiger partial charge in [-0.3, -0.25) is 4.68 Å². The van der Waals surface area contributed by atoms with E-state index >= 15 is 0 Å². The van der Waals surface area contributed by atoms with Crippen LogP contribution in [0.5, 0.6) is 5.75 Å². The first-order valence-corrected chi connectivity index (χ1v) is 5.89. The Hall–Kier alpha value is -0.510. The van der Waals surface area contributed by atoms with Crippen molar-refractivity contribution in [3.8, 4) is 5.75 Å². The van der Waals surface area contributed by atoms with Crippen LogP contribution in [-0.2, 0) is 0 Å². The van der Waals surface area contributed by atoms with Crippen molar-refractivity contribution in [1.29, 1.82) is 0 Å². The van der Waals surface area contributed by atoms with Crippen LogP contribution in [0.2, 0.25) is 0 Å². The molecule has 2 rings (SSSR count). The molecule has 0 aliphatic heterocycles. The number of halogens is 1. The van der Waals surface area contributed by atoms with Crippen LogP contribution in [0.15, 0.2) is 10.8 Å². The Morgan fingerprint density at radius 3 is 2.71 bits per heavy atom. The minimum Gasteiger partial charge on any atom is -0.492 e. The Labute approximate surface area is 92.6 Å². The van der Waals surface area contributed by atoms with Gasteiger partial charge in [0.05, 0.1) is 19.3 Å². The van der Waals surface area contributed by atoms with Gasteiger partial charge in [0.2, 0.25) is 0 Å². The summed E-state index contributed by atoms with van der Waals surface area (Å²) in [5, 5.41) is 4.36. The van der Waals surface area contributed by atoms with Crippen LogP contribution in [0.4, 0.5) is 0 Å². The molecule has 0 atom stereocenters. The average Bonchev–Trinajstić information content (AvgIpc) is 2.61. The Kier molecular flexibility index (Phi) is 3.11. The monoisotopic (exact) mass is 258 g/mol. The summed E-state index contributed by atoms with van der Waals surface area (Å²) in [5.41, 5.74) is 0. The zero-order valence-corrected chi connectivity index (χ0v) is 9.96. The van der Waals surface area contributed by atoms with E-state index in [1.165, 1.54) is 32.1 Å². The number of hydrogen-bond donors (Lipinski definition) is 0. The van der Waals surface area contributed by atoms with Crippen LogP contribution < -0.4 is 4.74 Å². The number of hydrogen-bond acceptors (Lipinski definition) is 2. The smallest absolute Gasteiger partial charge is 0.171 e. The summed E-state index contributed by atoms with van der Waals surface area (Å²) in [6, 6.07) is 0.557. The molecule has 0 spiro atoms. The van der Waals surface area contributed by atoms with E-state index < -0.39 is 0 Å². The van der Waals surface area contributed by atoms with Gasteiger partial charge in [-0.15, -0.1) is 0 Å². The molecule has 0 radical (unpaired) electrons. The molecule has 0 saturated heterocycles.